The van der Waals surface area contributed by atoms with E-state index >= 15 is 0 Å². The summed E-state index contributed by atoms with van der Waals surface area (Å²) in [5, 5.41) is 11.9. The minimum absolute atomic E-state index is 0.0663. The highest BCUT2D eigenvalue weighted by Gasteiger charge is 2.13. The largest absolute Gasteiger partial charge is 0.506 e. The van der Waals surface area contributed by atoms with Crippen molar-refractivity contribution in [3.8, 4) is 5.75 Å². The molecule has 18 heavy (non-hydrogen) atoms. The Labute approximate surface area is 111 Å². The number of nitrogens with one attached hydrogen (secondary N) is 1. The van der Waals surface area contributed by atoms with Crippen LogP contribution in [0, 0.1) is 5.82 Å². The summed E-state index contributed by atoms with van der Waals surface area (Å²) in [5.41, 5.74) is 0.159. The molecule has 2 N–H and O–H groups in total. The minimum Gasteiger partial charge on any atom is -0.506 e. The summed E-state index contributed by atoms with van der Waals surface area (Å²) in [4.78, 5) is 11.8. The van der Waals surface area contributed by atoms with E-state index in [4.69, 9.17) is 0 Å². The third-order valence-electron chi connectivity index (χ3n) is 2.33. The van der Waals surface area contributed by atoms with E-state index in [-0.39, 0.29) is 17.0 Å². The van der Waals surface area contributed by atoms with Crippen LogP contribution in [0.15, 0.2) is 46.9 Å². The van der Waals surface area contributed by atoms with Gasteiger partial charge in [0.05, 0.1) is 11.3 Å². The zero-order chi connectivity index (χ0) is 13.1. The second kappa shape index (κ2) is 5.18. The quantitative estimate of drug-likeness (QED) is 0.834. The first-order valence-electron chi connectivity index (χ1n) is 5.12. The van der Waals surface area contributed by atoms with Gasteiger partial charge in [-0.2, -0.15) is 0 Å². The van der Waals surface area contributed by atoms with Crippen molar-refractivity contribution in [3.63, 3.8) is 0 Å². The molecule has 2 rings (SSSR count). The number of para-hydroxylation sites is 2. The summed E-state index contributed by atoms with van der Waals surface area (Å²) in [6.07, 6.45) is 0. The Kier molecular flexibility index (Phi) is 3.62. The summed E-state index contributed by atoms with van der Waals surface area (Å²) < 4.78 is 14.1. The third-order valence-corrected chi connectivity index (χ3v) is 2.82. The predicted molar refractivity (Wildman–Crippen MR) is 70.2 cm³/mol. The van der Waals surface area contributed by atoms with Gasteiger partial charge in [-0.3, -0.25) is 4.79 Å². The lowest BCUT2D eigenvalue weighted by Crippen LogP contribution is -2.13. The van der Waals surface area contributed by atoms with Gasteiger partial charge in [-0.05, 0) is 30.3 Å². The van der Waals surface area contributed by atoms with Gasteiger partial charge in [0, 0.05) is 4.47 Å². The molecule has 0 aliphatic heterocycles. The molecule has 0 atom stereocenters. The molecule has 92 valence electrons. The summed E-state index contributed by atoms with van der Waals surface area (Å²) >= 11 is 3.11. The predicted octanol–water partition coefficient (Wildman–Crippen LogP) is 3.55. The topological polar surface area (TPSA) is 49.3 Å². The molecule has 0 heterocycles. The van der Waals surface area contributed by atoms with Gasteiger partial charge in [0.25, 0.3) is 5.91 Å². The molecule has 2 aromatic carbocycles. The fourth-order valence-corrected chi connectivity index (χ4v) is 1.78. The standard InChI is InChI=1S/C13H9BrFNO2/c14-8-5-6-9(10(15)7-8)13(18)16-11-3-1-2-4-12(11)17/h1-7,17H,(H,16,18). The number of halogens is 2. The summed E-state index contributed by atoms with van der Waals surface area (Å²) in [6, 6.07) is 10.4. The Hall–Kier alpha value is -1.88. The number of amides is 1. The van der Waals surface area contributed by atoms with E-state index in [0.717, 1.165) is 0 Å². The lowest BCUT2D eigenvalue weighted by Gasteiger charge is -2.07. The van der Waals surface area contributed by atoms with Gasteiger partial charge < -0.3 is 10.4 Å². The van der Waals surface area contributed by atoms with E-state index in [9.17, 15) is 14.3 Å². The van der Waals surface area contributed by atoms with Crippen LogP contribution in [0.25, 0.3) is 0 Å². The molecule has 1 amide bonds. The zero-order valence-corrected chi connectivity index (χ0v) is 10.7. The van der Waals surface area contributed by atoms with E-state index < -0.39 is 11.7 Å². The molecule has 0 unspecified atom stereocenters. The minimum atomic E-state index is -0.628. The fraction of sp³-hybridized carbons (Fsp3) is 0. The van der Waals surface area contributed by atoms with Crippen molar-refractivity contribution in [2.45, 2.75) is 0 Å². The number of rotatable bonds is 2. The van der Waals surface area contributed by atoms with Crippen LogP contribution in [0.5, 0.6) is 5.75 Å². The van der Waals surface area contributed by atoms with Gasteiger partial charge in [-0.1, -0.05) is 28.1 Å². The van der Waals surface area contributed by atoms with Gasteiger partial charge in [-0.15, -0.1) is 0 Å². The van der Waals surface area contributed by atoms with E-state index in [1.54, 1.807) is 18.2 Å². The lowest BCUT2D eigenvalue weighted by molar-refractivity contribution is 0.102. The number of anilines is 1. The highest BCUT2D eigenvalue weighted by Crippen LogP contribution is 2.23. The molecular weight excluding hydrogens is 301 g/mol. The molecule has 2 aromatic rings. The maximum atomic E-state index is 13.6. The lowest BCUT2D eigenvalue weighted by atomic mass is 10.2. The van der Waals surface area contributed by atoms with Gasteiger partial charge in [-0.25, -0.2) is 4.39 Å². The molecule has 0 aliphatic rings. The normalized spacial score (nSPS) is 10.1. The Morgan fingerprint density at radius 1 is 1.22 bits per heavy atom. The Morgan fingerprint density at radius 2 is 1.94 bits per heavy atom. The number of carbonyl (C=O) groups is 1. The molecule has 3 nitrogen and oxygen atoms in total. The third kappa shape index (κ3) is 2.68. The molecule has 0 saturated carbocycles. The average molecular weight is 310 g/mol. The number of hydrogen-bond acceptors (Lipinski definition) is 2. The zero-order valence-electron chi connectivity index (χ0n) is 9.15. The maximum Gasteiger partial charge on any atom is 0.258 e. The van der Waals surface area contributed by atoms with Crippen molar-refractivity contribution in [1.82, 2.24) is 0 Å². The van der Waals surface area contributed by atoms with Crippen LogP contribution >= 0.6 is 15.9 Å². The second-order valence-corrected chi connectivity index (χ2v) is 4.51. The van der Waals surface area contributed by atoms with E-state index in [0.29, 0.717) is 4.47 Å². The molecule has 0 bridgehead atoms. The summed E-state index contributed by atoms with van der Waals surface area (Å²) in [5.74, 6) is -1.30. The highest BCUT2D eigenvalue weighted by atomic mass is 79.9. The summed E-state index contributed by atoms with van der Waals surface area (Å²) in [7, 11) is 0. The van der Waals surface area contributed by atoms with Crippen LogP contribution in [0.2, 0.25) is 0 Å². The van der Waals surface area contributed by atoms with Crippen molar-refractivity contribution in [2.75, 3.05) is 5.32 Å². The number of aromatic hydroxyl groups is 1. The molecule has 0 aromatic heterocycles. The second-order valence-electron chi connectivity index (χ2n) is 3.60. The van der Waals surface area contributed by atoms with Crippen molar-refractivity contribution in [1.29, 1.82) is 0 Å². The van der Waals surface area contributed by atoms with Crippen LogP contribution < -0.4 is 5.32 Å². The van der Waals surface area contributed by atoms with Crippen LogP contribution in [0.1, 0.15) is 10.4 Å². The average Bonchev–Trinajstić information content (AvgIpc) is 2.32. The molecule has 5 heteroatoms. The number of benzene rings is 2. The SMILES string of the molecule is O=C(Nc1ccccc1O)c1ccc(Br)cc1F. The van der Waals surface area contributed by atoms with Gasteiger partial charge in [0.15, 0.2) is 0 Å². The van der Waals surface area contributed by atoms with Crippen LogP contribution in [-0.2, 0) is 0 Å². The van der Waals surface area contributed by atoms with E-state index in [1.165, 1.54) is 24.3 Å². The van der Waals surface area contributed by atoms with Gasteiger partial charge in [0.2, 0.25) is 0 Å². The van der Waals surface area contributed by atoms with Crippen LogP contribution in [0.3, 0.4) is 0 Å². The number of hydrogen-bond donors (Lipinski definition) is 2. The smallest absolute Gasteiger partial charge is 0.258 e. The Balaban J connectivity index is 2.25. The number of carbonyl (C=O) groups excluding carboxylic acids is 1. The first-order chi connectivity index (χ1) is 8.58. The van der Waals surface area contributed by atoms with Crippen LogP contribution in [0.4, 0.5) is 10.1 Å². The Bertz CT molecular complexity index is 601. The van der Waals surface area contributed by atoms with Gasteiger partial charge in [0.1, 0.15) is 11.6 Å². The number of phenolic OH excluding ortho intramolecular Hbond substituents is 1. The Morgan fingerprint density at radius 3 is 2.61 bits per heavy atom. The molecule has 0 aliphatic carbocycles. The van der Waals surface area contributed by atoms with Crippen molar-refractivity contribution in [3.05, 3.63) is 58.3 Å². The van der Waals surface area contributed by atoms with Crippen LogP contribution in [-0.4, -0.2) is 11.0 Å². The molecule has 0 radical (unpaired) electrons. The first-order valence-corrected chi connectivity index (χ1v) is 5.91. The molecule has 0 fully saturated rings. The monoisotopic (exact) mass is 309 g/mol. The molecular formula is C13H9BrFNO2. The number of phenols is 1. The maximum absolute atomic E-state index is 13.6. The van der Waals surface area contributed by atoms with Gasteiger partial charge >= 0.3 is 0 Å². The molecule has 0 saturated heterocycles. The van der Waals surface area contributed by atoms with Crippen molar-refractivity contribution < 1.29 is 14.3 Å². The van der Waals surface area contributed by atoms with E-state index in [2.05, 4.69) is 21.2 Å². The summed E-state index contributed by atoms with van der Waals surface area (Å²) in [6.45, 7) is 0. The fourth-order valence-electron chi connectivity index (χ4n) is 1.44. The highest BCUT2D eigenvalue weighted by molar-refractivity contribution is 9.10. The first kappa shape index (κ1) is 12.6. The van der Waals surface area contributed by atoms with Crippen molar-refractivity contribution in [2.24, 2.45) is 0 Å². The molecule has 0 spiro atoms. The van der Waals surface area contributed by atoms with Crippen molar-refractivity contribution >= 4 is 27.5 Å². The van der Waals surface area contributed by atoms with E-state index in [1.807, 2.05) is 0 Å².